The minimum Gasteiger partial charge on any atom is -0.395 e. The second-order valence-electron chi connectivity index (χ2n) is 5.37. The number of rotatable bonds is 6. The van der Waals surface area contributed by atoms with Gasteiger partial charge in [-0.1, -0.05) is 6.07 Å². The van der Waals surface area contributed by atoms with Crippen molar-refractivity contribution in [3.8, 4) is 0 Å². The molecule has 4 unspecified atom stereocenters. The molecule has 0 saturated heterocycles. The zero-order valence-electron chi connectivity index (χ0n) is 12.0. The molecule has 2 rings (SSSR count). The number of carbonyl (C=O) groups is 1. The molecule has 1 aliphatic carbocycles. The van der Waals surface area contributed by atoms with Crippen LogP contribution in [0.3, 0.4) is 0 Å². The molecule has 0 heterocycles. The van der Waals surface area contributed by atoms with Crippen molar-refractivity contribution in [2.24, 2.45) is 5.92 Å². The van der Waals surface area contributed by atoms with Gasteiger partial charge in [-0.2, -0.15) is 11.8 Å². The summed E-state index contributed by atoms with van der Waals surface area (Å²) in [6.07, 6.45) is 2.45. The van der Waals surface area contributed by atoms with Crippen LogP contribution in [0.1, 0.15) is 24.8 Å². The van der Waals surface area contributed by atoms with E-state index in [-0.39, 0.29) is 35.6 Å². The van der Waals surface area contributed by atoms with Gasteiger partial charge < -0.3 is 10.4 Å². The number of nitrogens with one attached hydrogen (secondary N) is 1. The first-order valence-electron chi connectivity index (χ1n) is 6.87. The third-order valence-corrected chi connectivity index (χ3v) is 5.06. The van der Waals surface area contributed by atoms with Gasteiger partial charge in [-0.25, -0.2) is 8.78 Å². The number of hydrogen-bond donors (Lipinski definition) is 2. The van der Waals surface area contributed by atoms with Gasteiger partial charge in [-0.3, -0.25) is 4.79 Å². The minimum absolute atomic E-state index is 0.0106. The maximum absolute atomic E-state index is 13.7. The van der Waals surface area contributed by atoms with Crippen LogP contribution >= 0.6 is 11.8 Å². The Balaban J connectivity index is 1.95. The maximum atomic E-state index is 13.7. The third-order valence-electron chi connectivity index (χ3n) is 3.90. The molecule has 6 heteroatoms. The predicted molar refractivity (Wildman–Crippen MR) is 79.2 cm³/mol. The predicted octanol–water partition coefficient (Wildman–Crippen LogP) is 2.30. The quantitative estimate of drug-likeness (QED) is 0.847. The summed E-state index contributed by atoms with van der Waals surface area (Å²) in [5, 5.41) is 12.0. The van der Waals surface area contributed by atoms with E-state index in [1.165, 1.54) is 23.9 Å². The van der Waals surface area contributed by atoms with Crippen molar-refractivity contribution in [2.75, 3.05) is 12.9 Å². The lowest BCUT2D eigenvalue weighted by Crippen LogP contribution is -2.42. The van der Waals surface area contributed by atoms with Crippen LogP contribution in [0.15, 0.2) is 18.2 Å². The van der Waals surface area contributed by atoms with Crippen LogP contribution in [-0.4, -0.2) is 35.2 Å². The average Bonchev–Trinajstić information content (AvgIpc) is 3.20. The van der Waals surface area contributed by atoms with E-state index < -0.39 is 11.6 Å². The Labute approximate surface area is 127 Å². The van der Waals surface area contributed by atoms with Gasteiger partial charge in [-0.15, -0.1) is 0 Å². The standard InChI is InChI=1S/C15H19F2NO2S/c1-8(14(7-19)21-2)18-15(20)12-6-11(12)10-4-3-9(16)5-13(10)17/h3-5,8,11-12,14,19H,6-7H2,1-2H3,(H,18,20). The van der Waals surface area contributed by atoms with Crippen LogP contribution in [0.2, 0.25) is 0 Å². The van der Waals surface area contributed by atoms with Crippen molar-refractivity contribution < 1.29 is 18.7 Å². The zero-order chi connectivity index (χ0) is 15.6. The molecular weight excluding hydrogens is 296 g/mol. The zero-order valence-corrected chi connectivity index (χ0v) is 12.8. The molecule has 1 aromatic carbocycles. The number of carbonyl (C=O) groups excluding carboxylic acids is 1. The highest BCUT2D eigenvalue weighted by Crippen LogP contribution is 2.48. The van der Waals surface area contributed by atoms with Gasteiger partial charge in [-0.05, 0) is 37.1 Å². The van der Waals surface area contributed by atoms with Gasteiger partial charge in [0.15, 0.2) is 0 Å². The number of benzene rings is 1. The van der Waals surface area contributed by atoms with Crippen molar-refractivity contribution in [1.29, 1.82) is 0 Å². The smallest absolute Gasteiger partial charge is 0.223 e. The Kier molecular flexibility index (Phi) is 5.22. The van der Waals surface area contributed by atoms with Crippen LogP contribution in [0, 0.1) is 17.6 Å². The molecule has 1 aromatic rings. The highest BCUT2D eigenvalue weighted by molar-refractivity contribution is 7.99. The highest BCUT2D eigenvalue weighted by Gasteiger charge is 2.45. The van der Waals surface area contributed by atoms with E-state index in [0.717, 1.165) is 6.07 Å². The number of aliphatic hydroxyl groups is 1. The third kappa shape index (κ3) is 3.74. The largest absolute Gasteiger partial charge is 0.395 e. The molecule has 2 N–H and O–H groups in total. The molecule has 0 aliphatic heterocycles. The first-order chi connectivity index (χ1) is 9.97. The second kappa shape index (κ2) is 6.75. The second-order valence-corrected chi connectivity index (χ2v) is 6.45. The summed E-state index contributed by atoms with van der Waals surface area (Å²) >= 11 is 1.49. The SMILES string of the molecule is CSC(CO)C(C)NC(=O)C1CC1c1ccc(F)cc1F. The fraction of sp³-hybridized carbons (Fsp3) is 0.533. The van der Waals surface area contributed by atoms with E-state index in [1.807, 2.05) is 13.2 Å². The van der Waals surface area contributed by atoms with Gasteiger partial charge in [0, 0.05) is 23.3 Å². The van der Waals surface area contributed by atoms with Crippen LogP contribution in [-0.2, 0) is 4.79 Å². The number of thioether (sulfide) groups is 1. The molecular formula is C15H19F2NO2S. The first-order valence-corrected chi connectivity index (χ1v) is 8.15. The van der Waals surface area contributed by atoms with Crippen molar-refractivity contribution in [1.82, 2.24) is 5.32 Å². The Hall–Kier alpha value is -1.14. The first kappa shape index (κ1) is 16.2. The van der Waals surface area contributed by atoms with E-state index in [1.54, 1.807) is 0 Å². The fourth-order valence-corrected chi connectivity index (χ4v) is 3.12. The van der Waals surface area contributed by atoms with Crippen molar-refractivity contribution >= 4 is 17.7 Å². The Morgan fingerprint density at radius 2 is 2.24 bits per heavy atom. The van der Waals surface area contributed by atoms with Gasteiger partial charge >= 0.3 is 0 Å². The molecule has 0 radical (unpaired) electrons. The van der Waals surface area contributed by atoms with Crippen LogP contribution in [0.4, 0.5) is 8.78 Å². The van der Waals surface area contributed by atoms with E-state index in [0.29, 0.717) is 12.0 Å². The highest BCUT2D eigenvalue weighted by atomic mass is 32.2. The van der Waals surface area contributed by atoms with Gasteiger partial charge in [0.25, 0.3) is 0 Å². The summed E-state index contributed by atoms with van der Waals surface area (Å²) in [5.41, 5.74) is 0.396. The molecule has 0 bridgehead atoms. The van der Waals surface area contributed by atoms with E-state index in [9.17, 15) is 18.7 Å². The molecule has 21 heavy (non-hydrogen) atoms. The Morgan fingerprint density at radius 1 is 1.52 bits per heavy atom. The lowest BCUT2D eigenvalue weighted by Gasteiger charge is -2.21. The summed E-state index contributed by atoms with van der Waals surface area (Å²) in [5.74, 6) is -1.80. The van der Waals surface area contributed by atoms with Crippen LogP contribution in [0.25, 0.3) is 0 Å². The van der Waals surface area contributed by atoms with Crippen LogP contribution in [0.5, 0.6) is 0 Å². The summed E-state index contributed by atoms with van der Waals surface area (Å²) < 4.78 is 26.6. The molecule has 3 nitrogen and oxygen atoms in total. The number of hydrogen-bond acceptors (Lipinski definition) is 3. The lowest BCUT2D eigenvalue weighted by atomic mass is 10.1. The fourth-order valence-electron chi connectivity index (χ4n) is 2.49. The summed E-state index contributed by atoms with van der Waals surface area (Å²) in [7, 11) is 0. The Morgan fingerprint density at radius 3 is 2.81 bits per heavy atom. The average molecular weight is 315 g/mol. The van der Waals surface area contributed by atoms with Gasteiger partial charge in [0.05, 0.1) is 6.61 Å². The van der Waals surface area contributed by atoms with Crippen molar-refractivity contribution in [3.63, 3.8) is 0 Å². The molecule has 0 aromatic heterocycles. The Bertz CT molecular complexity index is 522. The minimum atomic E-state index is -0.614. The number of aliphatic hydroxyl groups excluding tert-OH is 1. The molecule has 1 fully saturated rings. The molecule has 1 saturated carbocycles. The normalized spacial score (nSPS) is 23.5. The molecule has 116 valence electrons. The molecule has 1 amide bonds. The van der Waals surface area contributed by atoms with Crippen molar-refractivity contribution in [3.05, 3.63) is 35.4 Å². The molecule has 1 aliphatic rings. The molecule has 0 spiro atoms. The maximum Gasteiger partial charge on any atom is 0.223 e. The lowest BCUT2D eigenvalue weighted by molar-refractivity contribution is -0.123. The van der Waals surface area contributed by atoms with Crippen LogP contribution < -0.4 is 5.32 Å². The molecule has 4 atom stereocenters. The van der Waals surface area contributed by atoms with Crippen molar-refractivity contribution in [2.45, 2.75) is 30.6 Å². The number of amides is 1. The van der Waals surface area contributed by atoms with Gasteiger partial charge in [0.1, 0.15) is 11.6 Å². The van der Waals surface area contributed by atoms with E-state index in [4.69, 9.17) is 0 Å². The van der Waals surface area contributed by atoms with E-state index in [2.05, 4.69) is 5.32 Å². The summed E-state index contributed by atoms with van der Waals surface area (Å²) in [4.78, 5) is 12.1. The van der Waals surface area contributed by atoms with E-state index >= 15 is 0 Å². The summed E-state index contributed by atoms with van der Waals surface area (Å²) in [6, 6.07) is 3.31. The van der Waals surface area contributed by atoms with Gasteiger partial charge in [0.2, 0.25) is 5.91 Å². The topological polar surface area (TPSA) is 49.3 Å². The summed E-state index contributed by atoms with van der Waals surface area (Å²) in [6.45, 7) is 1.83. The monoisotopic (exact) mass is 315 g/mol. The number of halogens is 2.